The molecule has 2 fully saturated rings. The average Bonchev–Trinajstić information content (AvgIpc) is 2.35. The van der Waals surface area contributed by atoms with Gasteiger partial charge in [-0.3, -0.25) is 14.5 Å². The minimum atomic E-state index is -0.278. The molecule has 1 saturated carbocycles. The quantitative estimate of drug-likeness (QED) is 0.722. The fourth-order valence-corrected chi connectivity index (χ4v) is 2.70. The highest BCUT2D eigenvalue weighted by atomic mass is 16.5. The van der Waals surface area contributed by atoms with Gasteiger partial charge in [0.15, 0.2) is 0 Å². The first-order valence-corrected chi connectivity index (χ1v) is 6.19. The summed E-state index contributed by atoms with van der Waals surface area (Å²) in [5.74, 6) is -0.556. The summed E-state index contributed by atoms with van der Waals surface area (Å²) in [6.45, 7) is 0.357. The molecule has 1 saturated heterocycles. The van der Waals surface area contributed by atoms with Crippen LogP contribution in [0.2, 0.25) is 0 Å². The summed E-state index contributed by atoms with van der Waals surface area (Å²) in [5.41, 5.74) is -0.277. The van der Waals surface area contributed by atoms with Gasteiger partial charge < -0.3 is 9.84 Å². The largest absolute Gasteiger partial charge is 0.396 e. The third-order valence-electron chi connectivity index (χ3n) is 3.80. The maximum Gasteiger partial charge on any atom is 0.255 e. The van der Waals surface area contributed by atoms with Gasteiger partial charge in [-0.1, -0.05) is 19.3 Å². The molecule has 0 radical (unpaired) electrons. The molecule has 0 aromatic heterocycles. The minimum absolute atomic E-state index is 0.0206. The van der Waals surface area contributed by atoms with E-state index < -0.39 is 0 Å². The molecule has 0 bridgehead atoms. The molecule has 1 heterocycles. The highest BCUT2D eigenvalue weighted by molar-refractivity contribution is 5.98. The van der Waals surface area contributed by atoms with Crippen molar-refractivity contribution >= 4 is 11.8 Å². The maximum absolute atomic E-state index is 11.6. The van der Waals surface area contributed by atoms with Gasteiger partial charge in [0.05, 0.1) is 6.61 Å². The van der Waals surface area contributed by atoms with Gasteiger partial charge in [-0.05, 0) is 12.8 Å². The number of carbonyl (C=O) groups excluding carboxylic acids is 2. The summed E-state index contributed by atoms with van der Waals surface area (Å²) in [6, 6.07) is 0. The number of rotatable bonds is 3. The van der Waals surface area contributed by atoms with Gasteiger partial charge in [0.2, 0.25) is 0 Å². The molecule has 5 nitrogen and oxygen atoms in total. The zero-order valence-corrected chi connectivity index (χ0v) is 9.98. The molecule has 0 aromatic rings. The van der Waals surface area contributed by atoms with Crippen LogP contribution in [0, 0.1) is 5.41 Å². The van der Waals surface area contributed by atoms with Gasteiger partial charge >= 0.3 is 0 Å². The van der Waals surface area contributed by atoms with E-state index >= 15 is 0 Å². The fourth-order valence-electron chi connectivity index (χ4n) is 2.70. The van der Waals surface area contributed by atoms with E-state index in [-0.39, 0.29) is 37.0 Å². The van der Waals surface area contributed by atoms with Crippen molar-refractivity contribution in [1.29, 1.82) is 0 Å². The van der Waals surface area contributed by atoms with Gasteiger partial charge in [-0.25, -0.2) is 0 Å². The monoisotopic (exact) mass is 241 g/mol. The Hall–Kier alpha value is -0.940. The molecule has 17 heavy (non-hydrogen) atoms. The number of nitrogens with zero attached hydrogens (tertiary/aromatic N) is 1. The lowest BCUT2D eigenvalue weighted by atomic mass is 9.74. The van der Waals surface area contributed by atoms with E-state index in [1.54, 1.807) is 0 Å². The molecule has 1 aliphatic carbocycles. The van der Waals surface area contributed by atoms with Crippen LogP contribution in [0.5, 0.6) is 0 Å². The lowest BCUT2D eigenvalue weighted by molar-refractivity contribution is -0.161. The van der Waals surface area contributed by atoms with E-state index in [4.69, 9.17) is 4.74 Å². The summed E-state index contributed by atoms with van der Waals surface area (Å²) in [6.07, 6.45) is 5.08. The molecule has 96 valence electrons. The van der Waals surface area contributed by atoms with Gasteiger partial charge in [0.1, 0.15) is 13.2 Å². The maximum atomic E-state index is 11.6. The Bertz CT molecular complexity index is 294. The van der Waals surface area contributed by atoms with Crippen LogP contribution in [-0.4, -0.2) is 48.2 Å². The summed E-state index contributed by atoms with van der Waals surface area (Å²) in [7, 11) is 0. The van der Waals surface area contributed by atoms with Crippen LogP contribution in [0.3, 0.4) is 0 Å². The summed E-state index contributed by atoms with van der Waals surface area (Å²) >= 11 is 0. The van der Waals surface area contributed by atoms with Crippen molar-refractivity contribution in [1.82, 2.24) is 4.90 Å². The molecule has 1 N–H and O–H groups in total. The lowest BCUT2D eigenvalue weighted by Gasteiger charge is -2.39. The van der Waals surface area contributed by atoms with Crippen molar-refractivity contribution in [2.24, 2.45) is 5.41 Å². The van der Waals surface area contributed by atoms with Gasteiger partial charge in [-0.15, -0.1) is 0 Å². The Kier molecular flexibility index (Phi) is 3.79. The van der Waals surface area contributed by atoms with Crippen LogP contribution in [0.4, 0.5) is 0 Å². The molecule has 0 atom stereocenters. The number of ether oxygens (including phenoxy) is 1. The molecule has 2 aliphatic rings. The third kappa shape index (κ3) is 2.66. The van der Waals surface area contributed by atoms with E-state index in [1.807, 2.05) is 0 Å². The molecule has 1 aliphatic heterocycles. The predicted molar refractivity (Wildman–Crippen MR) is 60.1 cm³/mol. The molecule has 0 spiro atoms. The van der Waals surface area contributed by atoms with Crippen molar-refractivity contribution in [3.63, 3.8) is 0 Å². The first-order valence-electron chi connectivity index (χ1n) is 6.19. The summed E-state index contributed by atoms with van der Waals surface area (Å²) < 4.78 is 4.88. The molecule has 2 rings (SSSR count). The molecule has 0 unspecified atom stereocenters. The number of aliphatic hydroxyl groups is 1. The Labute approximate surface area is 101 Å². The van der Waals surface area contributed by atoms with Crippen LogP contribution in [0.1, 0.15) is 32.1 Å². The smallest absolute Gasteiger partial charge is 0.255 e. The first-order chi connectivity index (χ1) is 8.17. The molecule has 5 heteroatoms. The van der Waals surface area contributed by atoms with E-state index in [0.29, 0.717) is 6.54 Å². The van der Waals surface area contributed by atoms with Crippen molar-refractivity contribution in [3.8, 4) is 0 Å². The number of carbonyl (C=O) groups is 2. The van der Waals surface area contributed by atoms with Crippen LogP contribution in [0.15, 0.2) is 0 Å². The van der Waals surface area contributed by atoms with Crippen LogP contribution < -0.4 is 0 Å². The van der Waals surface area contributed by atoms with Gasteiger partial charge in [0, 0.05) is 12.0 Å². The minimum Gasteiger partial charge on any atom is -0.396 e. The van der Waals surface area contributed by atoms with Crippen LogP contribution in [0.25, 0.3) is 0 Å². The zero-order valence-electron chi connectivity index (χ0n) is 9.98. The van der Waals surface area contributed by atoms with E-state index in [1.165, 1.54) is 11.3 Å². The summed E-state index contributed by atoms with van der Waals surface area (Å²) in [4.78, 5) is 24.5. The SMILES string of the molecule is O=C1COCC(=O)N1CC1(CO)CCCCC1. The average molecular weight is 241 g/mol. The Morgan fingerprint density at radius 3 is 2.24 bits per heavy atom. The van der Waals surface area contributed by atoms with Gasteiger partial charge in [-0.2, -0.15) is 0 Å². The Morgan fingerprint density at radius 1 is 1.12 bits per heavy atom. The van der Waals surface area contributed by atoms with E-state index in [9.17, 15) is 14.7 Å². The topological polar surface area (TPSA) is 66.8 Å². The van der Waals surface area contributed by atoms with E-state index in [2.05, 4.69) is 0 Å². The van der Waals surface area contributed by atoms with Gasteiger partial charge in [0.25, 0.3) is 11.8 Å². The third-order valence-corrected chi connectivity index (χ3v) is 3.80. The number of morpholine rings is 1. The number of hydrogen-bond donors (Lipinski definition) is 1. The zero-order chi connectivity index (χ0) is 12.3. The Morgan fingerprint density at radius 2 is 1.71 bits per heavy atom. The highest BCUT2D eigenvalue weighted by Gasteiger charge is 2.38. The number of imide groups is 1. The van der Waals surface area contributed by atoms with Crippen molar-refractivity contribution in [2.45, 2.75) is 32.1 Å². The second-order valence-corrected chi connectivity index (χ2v) is 5.09. The predicted octanol–water partition coefficient (Wildman–Crippen LogP) is 0.315. The lowest BCUT2D eigenvalue weighted by Crippen LogP contribution is -2.52. The molecular formula is C12H19NO4. The van der Waals surface area contributed by atoms with E-state index in [0.717, 1.165) is 25.7 Å². The fraction of sp³-hybridized carbons (Fsp3) is 0.833. The first kappa shape index (κ1) is 12.5. The van der Waals surface area contributed by atoms with Crippen molar-refractivity contribution < 1.29 is 19.4 Å². The van der Waals surface area contributed by atoms with Crippen LogP contribution in [-0.2, 0) is 14.3 Å². The summed E-state index contributed by atoms with van der Waals surface area (Å²) in [5, 5.41) is 9.56. The normalized spacial score (nSPS) is 25.1. The molecular weight excluding hydrogens is 222 g/mol. The number of amides is 2. The second kappa shape index (κ2) is 5.14. The standard InChI is InChI=1S/C12H19NO4/c14-9-12(4-2-1-3-5-12)8-13-10(15)6-17-7-11(13)16/h14H,1-9H2. The Balaban J connectivity index is 2.06. The number of hydrogen-bond acceptors (Lipinski definition) is 4. The molecule has 0 aromatic carbocycles. The van der Waals surface area contributed by atoms with Crippen LogP contribution >= 0.6 is 0 Å². The highest BCUT2D eigenvalue weighted by Crippen LogP contribution is 2.36. The molecule has 2 amide bonds. The number of aliphatic hydroxyl groups excluding tert-OH is 1. The van der Waals surface area contributed by atoms with Crippen molar-refractivity contribution in [3.05, 3.63) is 0 Å². The van der Waals surface area contributed by atoms with Crippen molar-refractivity contribution in [2.75, 3.05) is 26.4 Å². The second-order valence-electron chi connectivity index (χ2n) is 5.09.